The van der Waals surface area contributed by atoms with Crippen molar-refractivity contribution in [2.75, 3.05) is 40.4 Å². The molecule has 140 valence electrons. The van der Waals surface area contributed by atoms with Gasteiger partial charge < -0.3 is 14.6 Å². The number of nitrogens with zero attached hydrogens (tertiary/aromatic N) is 2. The maximum absolute atomic E-state index is 10.0. The Morgan fingerprint density at radius 3 is 2.19 bits per heavy atom. The van der Waals surface area contributed by atoms with Gasteiger partial charge in [0, 0.05) is 54.9 Å². The molecular formula is C20H25BrN2O3. The molecule has 0 saturated carbocycles. The number of phenols is 1. The van der Waals surface area contributed by atoms with Crippen molar-refractivity contribution in [1.29, 1.82) is 0 Å². The first-order chi connectivity index (χ1) is 12.6. The van der Waals surface area contributed by atoms with Crippen LogP contribution >= 0.6 is 15.9 Å². The second-order valence-electron chi connectivity index (χ2n) is 6.48. The van der Waals surface area contributed by atoms with Crippen LogP contribution in [0.25, 0.3) is 0 Å². The summed E-state index contributed by atoms with van der Waals surface area (Å²) in [4.78, 5) is 4.80. The van der Waals surface area contributed by atoms with Gasteiger partial charge in [0.1, 0.15) is 5.75 Å². The van der Waals surface area contributed by atoms with E-state index in [1.807, 2.05) is 24.3 Å². The fraction of sp³-hybridized carbons (Fsp3) is 0.400. The van der Waals surface area contributed by atoms with Gasteiger partial charge >= 0.3 is 0 Å². The molecule has 0 unspecified atom stereocenters. The molecule has 0 radical (unpaired) electrons. The lowest BCUT2D eigenvalue weighted by atomic mass is 10.1. The molecule has 0 atom stereocenters. The minimum atomic E-state index is 0.358. The van der Waals surface area contributed by atoms with Crippen LogP contribution in [0.2, 0.25) is 0 Å². The zero-order valence-electron chi connectivity index (χ0n) is 15.2. The minimum Gasteiger partial charge on any atom is -0.508 e. The van der Waals surface area contributed by atoms with E-state index < -0.39 is 0 Å². The molecule has 0 spiro atoms. The quantitative estimate of drug-likeness (QED) is 0.774. The van der Waals surface area contributed by atoms with E-state index in [1.165, 1.54) is 0 Å². The number of benzene rings is 2. The summed E-state index contributed by atoms with van der Waals surface area (Å²) in [6, 6.07) is 11.6. The van der Waals surface area contributed by atoms with Crippen LogP contribution in [0.1, 0.15) is 11.1 Å². The molecule has 1 aliphatic rings. The summed E-state index contributed by atoms with van der Waals surface area (Å²) in [6.45, 7) is 5.51. The van der Waals surface area contributed by atoms with Gasteiger partial charge in [0.15, 0.2) is 11.5 Å². The Balaban J connectivity index is 1.58. The van der Waals surface area contributed by atoms with Gasteiger partial charge in [0.25, 0.3) is 0 Å². The third kappa shape index (κ3) is 4.50. The zero-order chi connectivity index (χ0) is 18.5. The van der Waals surface area contributed by atoms with Crippen LogP contribution in [0, 0.1) is 0 Å². The SMILES string of the molecule is COc1cccc(CN2CCN(Cc3cc(Br)ccc3O)CC2)c1OC. The van der Waals surface area contributed by atoms with E-state index in [9.17, 15) is 5.11 Å². The highest BCUT2D eigenvalue weighted by atomic mass is 79.9. The van der Waals surface area contributed by atoms with E-state index >= 15 is 0 Å². The van der Waals surface area contributed by atoms with E-state index in [2.05, 4.69) is 31.8 Å². The average Bonchev–Trinajstić information content (AvgIpc) is 2.66. The lowest BCUT2D eigenvalue weighted by Gasteiger charge is -2.35. The van der Waals surface area contributed by atoms with Crippen molar-refractivity contribution in [1.82, 2.24) is 9.80 Å². The van der Waals surface area contributed by atoms with Crippen molar-refractivity contribution in [2.45, 2.75) is 13.1 Å². The predicted molar refractivity (Wildman–Crippen MR) is 106 cm³/mol. The molecule has 2 aromatic carbocycles. The van der Waals surface area contributed by atoms with Crippen molar-refractivity contribution >= 4 is 15.9 Å². The fourth-order valence-corrected chi connectivity index (χ4v) is 3.75. The van der Waals surface area contributed by atoms with Crippen molar-refractivity contribution < 1.29 is 14.6 Å². The molecule has 1 N–H and O–H groups in total. The smallest absolute Gasteiger partial charge is 0.165 e. The van der Waals surface area contributed by atoms with E-state index in [0.29, 0.717) is 5.75 Å². The van der Waals surface area contributed by atoms with E-state index in [0.717, 1.165) is 66.4 Å². The summed E-state index contributed by atoms with van der Waals surface area (Å²) in [5, 5.41) is 10.0. The van der Waals surface area contributed by atoms with Crippen LogP contribution in [0.3, 0.4) is 0 Å². The number of phenolic OH excluding ortho intramolecular Hbond substituents is 1. The lowest BCUT2D eigenvalue weighted by molar-refractivity contribution is 0.120. The summed E-state index contributed by atoms with van der Waals surface area (Å²) in [6.07, 6.45) is 0. The molecule has 0 bridgehead atoms. The van der Waals surface area contributed by atoms with E-state index in [4.69, 9.17) is 9.47 Å². The minimum absolute atomic E-state index is 0.358. The van der Waals surface area contributed by atoms with Crippen LogP contribution in [-0.2, 0) is 13.1 Å². The molecule has 2 aromatic rings. The second-order valence-corrected chi connectivity index (χ2v) is 7.39. The number of hydrogen-bond acceptors (Lipinski definition) is 5. The van der Waals surface area contributed by atoms with Crippen LogP contribution in [0.15, 0.2) is 40.9 Å². The van der Waals surface area contributed by atoms with Gasteiger partial charge in [0.05, 0.1) is 14.2 Å². The fourth-order valence-electron chi connectivity index (χ4n) is 3.35. The number of aromatic hydroxyl groups is 1. The number of methoxy groups -OCH3 is 2. The number of ether oxygens (including phenoxy) is 2. The molecule has 1 fully saturated rings. The molecule has 0 amide bonds. The Morgan fingerprint density at radius 2 is 1.58 bits per heavy atom. The average molecular weight is 421 g/mol. The monoisotopic (exact) mass is 420 g/mol. The van der Waals surface area contributed by atoms with Gasteiger partial charge in [-0.15, -0.1) is 0 Å². The molecular weight excluding hydrogens is 396 g/mol. The Morgan fingerprint density at radius 1 is 0.923 bits per heavy atom. The number of hydrogen-bond donors (Lipinski definition) is 1. The zero-order valence-corrected chi connectivity index (χ0v) is 16.8. The molecule has 1 aliphatic heterocycles. The summed E-state index contributed by atoms with van der Waals surface area (Å²) in [7, 11) is 3.35. The van der Waals surface area contributed by atoms with Gasteiger partial charge in [-0.2, -0.15) is 0 Å². The van der Waals surface area contributed by atoms with Gasteiger partial charge in [-0.3, -0.25) is 9.80 Å². The van der Waals surface area contributed by atoms with Crippen LogP contribution < -0.4 is 9.47 Å². The van der Waals surface area contributed by atoms with Crippen molar-refractivity contribution in [3.63, 3.8) is 0 Å². The number of halogens is 1. The van der Waals surface area contributed by atoms with E-state index in [1.54, 1.807) is 20.3 Å². The topological polar surface area (TPSA) is 45.2 Å². The summed E-state index contributed by atoms with van der Waals surface area (Å²) >= 11 is 3.47. The van der Waals surface area contributed by atoms with Crippen molar-refractivity contribution in [3.05, 3.63) is 52.0 Å². The molecule has 5 nitrogen and oxygen atoms in total. The first-order valence-corrected chi connectivity index (χ1v) is 9.52. The first kappa shape index (κ1) is 19.0. The predicted octanol–water partition coefficient (Wildman–Crippen LogP) is 3.49. The Bertz CT molecular complexity index is 746. The summed E-state index contributed by atoms with van der Waals surface area (Å²) in [5.74, 6) is 1.95. The Labute approximate surface area is 163 Å². The molecule has 1 saturated heterocycles. The highest BCUT2D eigenvalue weighted by molar-refractivity contribution is 9.10. The maximum atomic E-state index is 10.0. The van der Waals surface area contributed by atoms with Crippen LogP contribution in [-0.4, -0.2) is 55.3 Å². The third-order valence-electron chi connectivity index (χ3n) is 4.78. The van der Waals surface area contributed by atoms with Crippen LogP contribution in [0.4, 0.5) is 0 Å². The molecule has 6 heteroatoms. The van der Waals surface area contributed by atoms with Gasteiger partial charge in [-0.25, -0.2) is 0 Å². The highest BCUT2D eigenvalue weighted by Gasteiger charge is 2.20. The lowest BCUT2D eigenvalue weighted by Crippen LogP contribution is -2.45. The second kappa shape index (κ2) is 8.75. The molecule has 3 rings (SSSR count). The number of para-hydroxylation sites is 1. The molecule has 0 aromatic heterocycles. The Hall–Kier alpha value is -1.76. The summed E-state index contributed by atoms with van der Waals surface area (Å²) in [5.41, 5.74) is 2.10. The number of rotatable bonds is 6. The first-order valence-electron chi connectivity index (χ1n) is 8.72. The number of piperazine rings is 1. The third-order valence-corrected chi connectivity index (χ3v) is 5.27. The van der Waals surface area contributed by atoms with Crippen LogP contribution in [0.5, 0.6) is 17.2 Å². The molecule has 0 aliphatic carbocycles. The normalized spacial score (nSPS) is 15.8. The maximum Gasteiger partial charge on any atom is 0.165 e. The summed E-state index contributed by atoms with van der Waals surface area (Å²) < 4.78 is 11.9. The highest BCUT2D eigenvalue weighted by Crippen LogP contribution is 2.31. The standard InChI is InChI=1S/C20H25BrN2O3/c1-25-19-5-3-4-15(20(19)26-2)13-22-8-10-23(11-9-22)14-16-12-17(21)6-7-18(16)24/h3-7,12,24H,8-11,13-14H2,1-2H3. The van der Waals surface area contributed by atoms with E-state index in [-0.39, 0.29) is 0 Å². The van der Waals surface area contributed by atoms with Gasteiger partial charge in [0.2, 0.25) is 0 Å². The van der Waals surface area contributed by atoms with Crippen molar-refractivity contribution in [3.8, 4) is 17.2 Å². The molecule has 26 heavy (non-hydrogen) atoms. The van der Waals surface area contributed by atoms with Gasteiger partial charge in [-0.1, -0.05) is 28.1 Å². The molecule has 1 heterocycles. The largest absolute Gasteiger partial charge is 0.508 e. The Kier molecular flexibility index (Phi) is 6.40. The van der Waals surface area contributed by atoms with Crippen molar-refractivity contribution in [2.24, 2.45) is 0 Å². The van der Waals surface area contributed by atoms with Gasteiger partial charge in [-0.05, 0) is 24.3 Å².